The van der Waals surface area contributed by atoms with Gasteiger partial charge in [-0.25, -0.2) is 0 Å². The summed E-state index contributed by atoms with van der Waals surface area (Å²) < 4.78 is 5.30. The zero-order valence-electron chi connectivity index (χ0n) is 8.95. The second-order valence-corrected chi connectivity index (χ2v) is 4.91. The number of hydrogen-bond acceptors (Lipinski definition) is 3. The minimum absolute atomic E-state index is 0.280. The molecule has 0 aromatic heterocycles. The van der Waals surface area contributed by atoms with Crippen molar-refractivity contribution in [3.05, 3.63) is 0 Å². The van der Waals surface area contributed by atoms with Crippen molar-refractivity contribution in [2.45, 2.75) is 25.7 Å². The minimum atomic E-state index is -0.715. The smallest absolute Gasteiger partial charge is 0.310 e. The molecule has 4 heteroatoms. The highest BCUT2D eigenvalue weighted by molar-refractivity contribution is 5.76. The fourth-order valence-electron chi connectivity index (χ4n) is 2.89. The molecular weight excluding hydrogens is 194 g/mol. The fraction of sp³-hybridized carbons (Fsp3) is 0.909. The molecule has 0 unspecified atom stereocenters. The molecule has 0 amide bonds. The van der Waals surface area contributed by atoms with E-state index < -0.39 is 11.4 Å². The number of nitrogens with two attached hydrogens (primary N) is 1. The molecule has 1 aliphatic carbocycles. The van der Waals surface area contributed by atoms with E-state index in [1.165, 1.54) is 0 Å². The molecule has 1 aliphatic heterocycles. The van der Waals surface area contributed by atoms with E-state index in [1.807, 2.05) is 0 Å². The summed E-state index contributed by atoms with van der Waals surface area (Å²) in [6, 6.07) is 0. The first kappa shape index (κ1) is 10.9. The molecular formula is C11H19NO3. The Bertz CT molecular complexity index is 242. The average Bonchev–Trinajstić information content (AvgIpc) is 2.18. The van der Waals surface area contributed by atoms with Gasteiger partial charge in [0.1, 0.15) is 0 Å². The topological polar surface area (TPSA) is 72.6 Å². The first-order chi connectivity index (χ1) is 7.18. The van der Waals surface area contributed by atoms with E-state index in [1.54, 1.807) is 0 Å². The van der Waals surface area contributed by atoms with Crippen molar-refractivity contribution in [2.24, 2.45) is 23.0 Å². The number of carbonyl (C=O) groups is 1. The summed E-state index contributed by atoms with van der Waals surface area (Å²) in [5, 5.41) is 9.10. The van der Waals surface area contributed by atoms with E-state index in [0.29, 0.717) is 11.8 Å². The van der Waals surface area contributed by atoms with E-state index in [2.05, 4.69) is 0 Å². The van der Waals surface area contributed by atoms with Gasteiger partial charge in [-0.05, 0) is 37.5 Å². The van der Waals surface area contributed by atoms with Gasteiger partial charge >= 0.3 is 5.97 Å². The molecule has 2 rings (SSSR count). The highest BCUT2D eigenvalue weighted by atomic mass is 16.5. The van der Waals surface area contributed by atoms with Crippen LogP contribution >= 0.6 is 0 Å². The van der Waals surface area contributed by atoms with Crippen molar-refractivity contribution >= 4 is 5.97 Å². The SMILES string of the molecule is NCC1(C(=O)O)CC(C2CCOCC2)C1. The Kier molecular flexibility index (Phi) is 2.98. The van der Waals surface area contributed by atoms with Crippen molar-refractivity contribution in [2.75, 3.05) is 19.8 Å². The van der Waals surface area contributed by atoms with Crippen LogP contribution in [0.4, 0.5) is 0 Å². The molecule has 86 valence electrons. The van der Waals surface area contributed by atoms with Gasteiger partial charge in [-0.1, -0.05) is 0 Å². The third-order valence-electron chi connectivity index (χ3n) is 4.08. The predicted molar refractivity (Wildman–Crippen MR) is 55.4 cm³/mol. The van der Waals surface area contributed by atoms with Gasteiger partial charge in [0.05, 0.1) is 5.41 Å². The first-order valence-electron chi connectivity index (χ1n) is 5.69. The number of ether oxygens (including phenoxy) is 1. The molecule has 0 aromatic carbocycles. The zero-order valence-corrected chi connectivity index (χ0v) is 8.95. The molecule has 0 spiro atoms. The standard InChI is InChI=1S/C11H19NO3/c12-7-11(10(13)14)5-9(6-11)8-1-3-15-4-2-8/h8-9H,1-7,12H2,(H,13,14). The summed E-state index contributed by atoms with van der Waals surface area (Å²) in [7, 11) is 0. The maximum absolute atomic E-state index is 11.1. The summed E-state index contributed by atoms with van der Waals surface area (Å²) >= 11 is 0. The van der Waals surface area contributed by atoms with Gasteiger partial charge in [-0.15, -0.1) is 0 Å². The quantitative estimate of drug-likeness (QED) is 0.729. The highest BCUT2D eigenvalue weighted by Crippen LogP contribution is 2.50. The Balaban J connectivity index is 1.88. The molecule has 0 atom stereocenters. The average molecular weight is 213 g/mol. The maximum atomic E-state index is 11.1. The lowest BCUT2D eigenvalue weighted by Crippen LogP contribution is -2.51. The number of rotatable bonds is 3. The van der Waals surface area contributed by atoms with Crippen LogP contribution in [-0.2, 0) is 9.53 Å². The zero-order chi connectivity index (χ0) is 10.9. The largest absolute Gasteiger partial charge is 0.481 e. The van der Waals surface area contributed by atoms with Crippen molar-refractivity contribution in [1.82, 2.24) is 0 Å². The maximum Gasteiger partial charge on any atom is 0.310 e. The Morgan fingerprint density at radius 1 is 1.33 bits per heavy atom. The Hall–Kier alpha value is -0.610. The summed E-state index contributed by atoms with van der Waals surface area (Å²) in [6.45, 7) is 1.95. The van der Waals surface area contributed by atoms with Crippen LogP contribution in [0.3, 0.4) is 0 Å². The highest BCUT2D eigenvalue weighted by Gasteiger charge is 2.51. The van der Waals surface area contributed by atoms with Crippen LogP contribution in [0.15, 0.2) is 0 Å². The number of carboxylic acid groups (broad SMARTS) is 1. The summed E-state index contributed by atoms with van der Waals surface area (Å²) in [6.07, 6.45) is 3.71. The van der Waals surface area contributed by atoms with E-state index in [4.69, 9.17) is 15.6 Å². The van der Waals surface area contributed by atoms with Gasteiger partial charge in [0.2, 0.25) is 0 Å². The van der Waals surface area contributed by atoms with Crippen molar-refractivity contribution in [3.8, 4) is 0 Å². The lowest BCUT2D eigenvalue weighted by Gasteiger charge is -2.48. The Morgan fingerprint density at radius 3 is 2.40 bits per heavy atom. The van der Waals surface area contributed by atoms with E-state index in [-0.39, 0.29) is 6.54 Å². The fourth-order valence-corrected chi connectivity index (χ4v) is 2.89. The first-order valence-corrected chi connectivity index (χ1v) is 5.69. The molecule has 3 N–H and O–H groups in total. The summed E-state index contributed by atoms with van der Waals surface area (Å²) in [5.74, 6) is 0.514. The molecule has 1 saturated carbocycles. The van der Waals surface area contributed by atoms with Crippen molar-refractivity contribution < 1.29 is 14.6 Å². The lowest BCUT2D eigenvalue weighted by atomic mass is 9.57. The van der Waals surface area contributed by atoms with E-state index in [9.17, 15) is 4.79 Å². The number of hydrogen-bond donors (Lipinski definition) is 2. The van der Waals surface area contributed by atoms with Gasteiger partial charge in [-0.3, -0.25) is 4.79 Å². The molecule has 1 heterocycles. The van der Waals surface area contributed by atoms with Crippen LogP contribution in [0.5, 0.6) is 0 Å². The van der Waals surface area contributed by atoms with Crippen molar-refractivity contribution in [1.29, 1.82) is 0 Å². The minimum Gasteiger partial charge on any atom is -0.481 e. The predicted octanol–water partition coefficient (Wildman–Crippen LogP) is 0.853. The van der Waals surface area contributed by atoms with E-state index in [0.717, 1.165) is 38.9 Å². The third-order valence-corrected chi connectivity index (χ3v) is 4.08. The van der Waals surface area contributed by atoms with Gasteiger partial charge in [0.25, 0.3) is 0 Å². The summed E-state index contributed by atoms with van der Waals surface area (Å²) in [5.41, 5.74) is 4.95. The van der Waals surface area contributed by atoms with E-state index >= 15 is 0 Å². The van der Waals surface area contributed by atoms with Gasteiger partial charge in [0.15, 0.2) is 0 Å². The molecule has 15 heavy (non-hydrogen) atoms. The van der Waals surface area contributed by atoms with Gasteiger partial charge < -0.3 is 15.6 Å². The van der Waals surface area contributed by atoms with Crippen LogP contribution in [0.2, 0.25) is 0 Å². The van der Waals surface area contributed by atoms with Crippen LogP contribution in [-0.4, -0.2) is 30.8 Å². The van der Waals surface area contributed by atoms with Crippen LogP contribution in [0.25, 0.3) is 0 Å². The van der Waals surface area contributed by atoms with Crippen molar-refractivity contribution in [3.63, 3.8) is 0 Å². The monoisotopic (exact) mass is 213 g/mol. The lowest BCUT2D eigenvalue weighted by molar-refractivity contribution is -0.160. The molecule has 1 saturated heterocycles. The molecule has 0 bridgehead atoms. The third kappa shape index (κ3) is 1.88. The molecule has 0 radical (unpaired) electrons. The molecule has 0 aromatic rings. The molecule has 2 fully saturated rings. The van der Waals surface area contributed by atoms with Crippen LogP contribution < -0.4 is 5.73 Å². The second kappa shape index (κ2) is 4.10. The number of carboxylic acids is 1. The van der Waals surface area contributed by atoms with Crippen LogP contribution in [0.1, 0.15) is 25.7 Å². The number of aliphatic carboxylic acids is 1. The Labute approximate surface area is 89.8 Å². The van der Waals surface area contributed by atoms with Crippen LogP contribution in [0, 0.1) is 17.3 Å². The Morgan fingerprint density at radius 2 is 1.93 bits per heavy atom. The normalized spacial score (nSPS) is 37.3. The van der Waals surface area contributed by atoms with Gasteiger partial charge in [0, 0.05) is 19.8 Å². The second-order valence-electron chi connectivity index (χ2n) is 4.91. The molecule has 2 aliphatic rings. The van der Waals surface area contributed by atoms with Gasteiger partial charge in [-0.2, -0.15) is 0 Å². The molecule has 4 nitrogen and oxygen atoms in total. The summed E-state index contributed by atoms with van der Waals surface area (Å²) in [4.78, 5) is 11.1.